The SMILES string of the molecule is CCCn1[nH]c(-c2cccc(C)c2)c(-c2ccc(C)cc2)c1=O. The van der Waals surface area contributed by atoms with Crippen molar-refractivity contribution >= 4 is 0 Å². The van der Waals surface area contributed by atoms with Crippen LogP contribution in [0.1, 0.15) is 24.5 Å². The van der Waals surface area contributed by atoms with E-state index in [1.807, 2.05) is 36.4 Å². The molecule has 23 heavy (non-hydrogen) atoms. The molecule has 0 spiro atoms. The van der Waals surface area contributed by atoms with Crippen LogP contribution in [-0.4, -0.2) is 9.78 Å². The zero-order valence-corrected chi connectivity index (χ0v) is 13.9. The van der Waals surface area contributed by atoms with E-state index in [-0.39, 0.29) is 5.56 Å². The second kappa shape index (κ2) is 6.29. The predicted molar refractivity (Wildman–Crippen MR) is 95.7 cm³/mol. The Labute approximate surface area is 136 Å². The summed E-state index contributed by atoms with van der Waals surface area (Å²) in [4.78, 5) is 12.9. The maximum Gasteiger partial charge on any atom is 0.274 e. The van der Waals surface area contributed by atoms with Gasteiger partial charge in [0, 0.05) is 12.1 Å². The van der Waals surface area contributed by atoms with E-state index in [1.54, 1.807) is 4.68 Å². The summed E-state index contributed by atoms with van der Waals surface area (Å²) >= 11 is 0. The second-order valence-electron chi connectivity index (χ2n) is 6.05. The Bertz CT molecular complexity index is 869. The molecule has 1 heterocycles. The van der Waals surface area contributed by atoms with Crippen molar-refractivity contribution in [3.63, 3.8) is 0 Å². The lowest BCUT2D eigenvalue weighted by Crippen LogP contribution is -2.17. The molecule has 0 aliphatic rings. The highest BCUT2D eigenvalue weighted by Crippen LogP contribution is 2.28. The minimum atomic E-state index is 0.0483. The van der Waals surface area contributed by atoms with E-state index in [2.05, 4.69) is 38.0 Å². The van der Waals surface area contributed by atoms with Gasteiger partial charge in [-0.05, 0) is 31.9 Å². The summed E-state index contributed by atoms with van der Waals surface area (Å²) in [5, 5.41) is 3.31. The molecule has 0 unspecified atom stereocenters. The zero-order valence-electron chi connectivity index (χ0n) is 13.9. The molecule has 0 atom stereocenters. The van der Waals surface area contributed by atoms with Gasteiger partial charge in [0.2, 0.25) is 0 Å². The van der Waals surface area contributed by atoms with Crippen molar-refractivity contribution in [2.45, 2.75) is 33.7 Å². The van der Waals surface area contributed by atoms with Crippen molar-refractivity contribution in [1.82, 2.24) is 9.78 Å². The van der Waals surface area contributed by atoms with Crippen LogP contribution in [0.2, 0.25) is 0 Å². The number of aryl methyl sites for hydroxylation is 3. The van der Waals surface area contributed by atoms with E-state index >= 15 is 0 Å². The fourth-order valence-electron chi connectivity index (χ4n) is 2.86. The van der Waals surface area contributed by atoms with E-state index in [0.717, 1.165) is 28.8 Å². The molecule has 3 aromatic rings. The van der Waals surface area contributed by atoms with Crippen LogP contribution >= 0.6 is 0 Å². The summed E-state index contributed by atoms with van der Waals surface area (Å²) in [6.45, 7) is 6.89. The molecule has 1 N–H and O–H groups in total. The molecule has 0 fully saturated rings. The molecule has 0 amide bonds. The van der Waals surface area contributed by atoms with Gasteiger partial charge in [0.05, 0.1) is 11.3 Å². The average Bonchev–Trinajstić information content (AvgIpc) is 2.86. The molecule has 0 saturated carbocycles. The highest BCUT2D eigenvalue weighted by Gasteiger charge is 2.17. The zero-order chi connectivity index (χ0) is 16.4. The highest BCUT2D eigenvalue weighted by atomic mass is 16.1. The maximum atomic E-state index is 12.9. The van der Waals surface area contributed by atoms with Gasteiger partial charge in [-0.1, -0.05) is 60.5 Å². The van der Waals surface area contributed by atoms with E-state index in [1.165, 1.54) is 11.1 Å². The smallest absolute Gasteiger partial charge is 0.274 e. The van der Waals surface area contributed by atoms with Crippen LogP contribution in [0.15, 0.2) is 53.3 Å². The Morgan fingerprint density at radius 3 is 2.35 bits per heavy atom. The van der Waals surface area contributed by atoms with E-state index < -0.39 is 0 Å². The Kier molecular flexibility index (Phi) is 4.20. The molecular weight excluding hydrogens is 284 g/mol. The van der Waals surface area contributed by atoms with Crippen LogP contribution in [0.4, 0.5) is 0 Å². The van der Waals surface area contributed by atoms with Crippen molar-refractivity contribution in [1.29, 1.82) is 0 Å². The van der Waals surface area contributed by atoms with E-state index in [9.17, 15) is 4.79 Å². The van der Waals surface area contributed by atoms with Gasteiger partial charge in [-0.25, -0.2) is 0 Å². The minimum absolute atomic E-state index is 0.0483. The van der Waals surface area contributed by atoms with E-state index in [0.29, 0.717) is 6.54 Å². The Hall–Kier alpha value is -2.55. The predicted octanol–water partition coefficient (Wildman–Crippen LogP) is 4.54. The van der Waals surface area contributed by atoms with Crippen LogP contribution in [0.25, 0.3) is 22.4 Å². The van der Waals surface area contributed by atoms with Gasteiger partial charge in [-0.15, -0.1) is 0 Å². The summed E-state index contributed by atoms with van der Waals surface area (Å²) in [5.74, 6) is 0. The largest absolute Gasteiger partial charge is 0.294 e. The summed E-state index contributed by atoms with van der Waals surface area (Å²) in [6, 6.07) is 16.4. The topological polar surface area (TPSA) is 37.8 Å². The second-order valence-corrected chi connectivity index (χ2v) is 6.05. The third-order valence-electron chi connectivity index (χ3n) is 4.05. The lowest BCUT2D eigenvalue weighted by molar-refractivity contribution is 0.587. The Morgan fingerprint density at radius 2 is 1.70 bits per heavy atom. The minimum Gasteiger partial charge on any atom is -0.294 e. The Balaban J connectivity index is 2.24. The number of nitrogens with zero attached hydrogens (tertiary/aromatic N) is 1. The van der Waals surface area contributed by atoms with Gasteiger partial charge >= 0.3 is 0 Å². The van der Waals surface area contributed by atoms with Gasteiger partial charge in [0.1, 0.15) is 0 Å². The van der Waals surface area contributed by atoms with Crippen LogP contribution in [0.3, 0.4) is 0 Å². The number of rotatable bonds is 4. The number of hydrogen-bond acceptors (Lipinski definition) is 1. The van der Waals surface area contributed by atoms with Crippen LogP contribution in [-0.2, 0) is 6.54 Å². The van der Waals surface area contributed by atoms with Crippen molar-refractivity contribution in [3.05, 3.63) is 70.0 Å². The van der Waals surface area contributed by atoms with Crippen molar-refractivity contribution < 1.29 is 0 Å². The molecule has 3 rings (SSSR count). The quantitative estimate of drug-likeness (QED) is 0.755. The van der Waals surface area contributed by atoms with Crippen LogP contribution in [0, 0.1) is 13.8 Å². The third-order valence-corrected chi connectivity index (χ3v) is 4.05. The van der Waals surface area contributed by atoms with Gasteiger partial charge in [0.15, 0.2) is 0 Å². The van der Waals surface area contributed by atoms with Gasteiger partial charge < -0.3 is 0 Å². The van der Waals surface area contributed by atoms with E-state index in [4.69, 9.17) is 0 Å². The molecule has 3 heteroatoms. The lowest BCUT2D eigenvalue weighted by atomic mass is 10.00. The van der Waals surface area contributed by atoms with Crippen LogP contribution < -0.4 is 5.56 Å². The Morgan fingerprint density at radius 1 is 0.957 bits per heavy atom. The number of aromatic amines is 1. The molecule has 3 nitrogen and oxygen atoms in total. The standard InChI is InChI=1S/C20H22N2O/c1-4-12-22-20(23)18(16-10-8-14(2)9-11-16)19(21-22)17-7-5-6-15(3)13-17/h5-11,13,21H,4,12H2,1-3H3. The molecule has 0 aliphatic carbocycles. The summed E-state index contributed by atoms with van der Waals surface area (Å²) in [5.41, 5.74) is 6.08. The number of hydrogen-bond donors (Lipinski definition) is 1. The first-order chi connectivity index (χ1) is 11.1. The molecule has 0 saturated heterocycles. The fourth-order valence-corrected chi connectivity index (χ4v) is 2.86. The van der Waals surface area contributed by atoms with Crippen molar-refractivity contribution in [2.75, 3.05) is 0 Å². The first-order valence-corrected chi connectivity index (χ1v) is 8.07. The molecule has 1 aromatic heterocycles. The number of aromatic nitrogens is 2. The summed E-state index contributed by atoms with van der Waals surface area (Å²) in [6.07, 6.45) is 0.918. The first kappa shape index (κ1) is 15.3. The fraction of sp³-hybridized carbons (Fsp3) is 0.250. The first-order valence-electron chi connectivity index (χ1n) is 8.07. The molecular formula is C20H22N2O. The lowest BCUT2D eigenvalue weighted by Gasteiger charge is -2.04. The number of nitrogens with one attached hydrogen (secondary N) is 1. The van der Waals surface area contributed by atoms with Gasteiger partial charge in [-0.2, -0.15) is 0 Å². The van der Waals surface area contributed by atoms with Crippen LogP contribution in [0.5, 0.6) is 0 Å². The van der Waals surface area contributed by atoms with Gasteiger partial charge in [-0.3, -0.25) is 14.6 Å². The highest BCUT2D eigenvalue weighted by molar-refractivity contribution is 5.80. The van der Waals surface area contributed by atoms with Crippen molar-refractivity contribution in [3.8, 4) is 22.4 Å². The molecule has 2 aromatic carbocycles. The molecule has 118 valence electrons. The third kappa shape index (κ3) is 3.00. The number of benzene rings is 2. The summed E-state index contributed by atoms with van der Waals surface area (Å²) < 4.78 is 1.72. The van der Waals surface area contributed by atoms with Crippen molar-refractivity contribution in [2.24, 2.45) is 0 Å². The monoisotopic (exact) mass is 306 g/mol. The summed E-state index contributed by atoms with van der Waals surface area (Å²) in [7, 11) is 0. The number of H-pyrrole nitrogens is 1. The van der Waals surface area contributed by atoms with Gasteiger partial charge in [0.25, 0.3) is 5.56 Å². The molecule has 0 bridgehead atoms. The molecule has 0 radical (unpaired) electrons. The average molecular weight is 306 g/mol. The normalized spacial score (nSPS) is 10.9. The maximum absolute atomic E-state index is 12.9. The molecule has 0 aliphatic heterocycles.